The second-order valence-electron chi connectivity index (χ2n) is 8.34. The Labute approximate surface area is 202 Å². The van der Waals surface area contributed by atoms with Crippen molar-refractivity contribution in [1.29, 1.82) is 0 Å². The van der Waals surface area contributed by atoms with Gasteiger partial charge in [0.05, 0.1) is 12.1 Å². The van der Waals surface area contributed by atoms with Crippen LogP contribution in [0.2, 0.25) is 0 Å². The van der Waals surface area contributed by atoms with Gasteiger partial charge in [-0.3, -0.25) is 24.2 Å². The predicted octanol–water partition coefficient (Wildman–Crippen LogP) is -3.19. The first-order valence-electron chi connectivity index (χ1n) is 11.0. The van der Waals surface area contributed by atoms with Crippen molar-refractivity contribution in [2.45, 2.75) is 76.7 Å². The maximum absolute atomic E-state index is 12.9. The molecule has 0 aliphatic heterocycles. The summed E-state index contributed by atoms with van der Waals surface area (Å²) in [6.45, 7) is 4.78. The maximum Gasteiger partial charge on any atom is 0.326 e. The van der Waals surface area contributed by atoms with E-state index in [4.69, 9.17) is 22.3 Å². The molecule has 0 aromatic heterocycles. The molecule has 5 atom stereocenters. The Hall–Kier alpha value is -3.46. The summed E-state index contributed by atoms with van der Waals surface area (Å²) in [5.74, 6) is -5.62. The summed E-state index contributed by atoms with van der Waals surface area (Å²) in [5.41, 5.74) is 16.4. The zero-order valence-electron chi connectivity index (χ0n) is 20.1. The summed E-state index contributed by atoms with van der Waals surface area (Å²) in [4.78, 5) is 63.8. The number of nitrogens with two attached hydrogens (primary N) is 3. The average Bonchev–Trinajstić information content (AvgIpc) is 2.74. The zero-order valence-corrected chi connectivity index (χ0v) is 20.1. The number of aliphatic carboxylic acids is 2. The summed E-state index contributed by atoms with van der Waals surface area (Å²) in [5, 5.41) is 34.9. The number of carboxylic acid groups (broad SMARTS) is 2. The van der Waals surface area contributed by atoms with Crippen LogP contribution in [-0.2, 0) is 24.0 Å². The quantitative estimate of drug-likeness (QED) is 0.0574. The second kappa shape index (κ2) is 15.4. The fourth-order valence-corrected chi connectivity index (χ4v) is 2.79. The minimum absolute atomic E-state index is 0.0592. The minimum Gasteiger partial charge on any atom is -0.481 e. The first-order chi connectivity index (χ1) is 16.2. The molecule has 0 aromatic rings. The van der Waals surface area contributed by atoms with Gasteiger partial charge in [0.2, 0.25) is 17.7 Å². The van der Waals surface area contributed by atoms with Crippen LogP contribution in [0.3, 0.4) is 0 Å². The van der Waals surface area contributed by atoms with Crippen molar-refractivity contribution in [3.8, 4) is 0 Å². The molecule has 5 unspecified atom stereocenters. The SMILES string of the molecule is CC(C)C(N)C(=O)NC(CCCN=C(N)N)C(=O)NC(C(=O)NC(CCC(=O)O)C(=O)O)C(C)O. The molecule has 0 aliphatic rings. The lowest BCUT2D eigenvalue weighted by atomic mass is 10.0. The molecule has 15 heteroatoms. The van der Waals surface area contributed by atoms with Gasteiger partial charge in [-0.1, -0.05) is 13.8 Å². The van der Waals surface area contributed by atoms with Crippen molar-refractivity contribution in [3.63, 3.8) is 0 Å². The average molecular weight is 504 g/mol. The largest absolute Gasteiger partial charge is 0.481 e. The Morgan fingerprint density at radius 3 is 1.89 bits per heavy atom. The zero-order chi connectivity index (χ0) is 27.3. The molecule has 15 nitrogen and oxygen atoms in total. The Kier molecular flexibility index (Phi) is 13.9. The van der Waals surface area contributed by atoms with Crippen LogP contribution < -0.4 is 33.2 Å². The number of hydrogen-bond acceptors (Lipinski definition) is 8. The lowest BCUT2D eigenvalue weighted by Crippen LogP contribution is -2.60. The standard InChI is InChI=1S/C20H37N7O8/c1-9(2)14(21)17(32)25-11(5-4-8-24-20(22)23)16(31)27-15(10(3)28)18(33)26-12(19(34)35)6-7-13(29)30/h9-12,14-15,28H,4-8,21H2,1-3H3,(H,25,32)(H,26,33)(H,27,31)(H,29,30)(H,34,35)(H4,22,23,24). The third-order valence-corrected chi connectivity index (χ3v) is 4.92. The van der Waals surface area contributed by atoms with Gasteiger partial charge in [0.15, 0.2) is 5.96 Å². The van der Waals surface area contributed by atoms with Crippen LogP contribution >= 0.6 is 0 Å². The molecule has 0 radical (unpaired) electrons. The van der Waals surface area contributed by atoms with Crippen LogP contribution in [0.25, 0.3) is 0 Å². The van der Waals surface area contributed by atoms with Crippen molar-refractivity contribution < 1.29 is 39.3 Å². The van der Waals surface area contributed by atoms with Gasteiger partial charge in [-0.25, -0.2) is 4.79 Å². The van der Waals surface area contributed by atoms with Crippen molar-refractivity contribution in [1.82, 2.24) is 16.0 Å². The Balaban J connectivity index is 5.52. The molecule has 0 saturated heterocycles. The van der Waals surface area contributed by atoms with E-state index in [9.17, 15) is 34.2 Å². The van der Waals surface area contributed by atoms with E-state index >= 15 is 0 Å². The number of carbonyl (C=O) groups excluding carboxylic acids is 3. The first-order valence-corrected chi connectivity index (χ1v) is 11.0. The van der Waals surface area contributed by atoms with Crippen LogP contribution in [0.4, 0.5) is 0 Å². The van der Waals surface area contributed by atoms with Gasteiger partial charge < -0.3 is 48.5 Å². The number of rotatable bonds is 16. The van der Waals surface area contributed by atoms with E-state index in [1.54, 1.807) is 13.8 Å². The highest BCUT2D eigenvalue weighted by atomic mass is 16.4. The van der Waals surface area contributed by atoms with Crippen molar-refractivity contribution in [3.05, 3.63) is 0 Å². The van der Waals surface area contributed by atoms with E-state index in [1.165, 1.54) is 6.92 Å². The lowest BCUT2D eigenvalue weighted by molar-refractivity contribution is -0.144. The number of carbonyl (C=O) groups is 5. The van der Waals surface area contributed by atoms with Crippen LogP contribution in [0.1, 0.15) is 46.5 Å². The third-order valence-electron chi connectivity index (χ3n) is 4.92. The number of aliphatic hydroxyl groups is 1. The first kappa shape index (κ1) is 31.5. The number of amides is 3. The summed E-state index contributed by atoms with van der Waals surface area (Å²) < 4.78 is 0. The molecule has 0 bridgehead atoms. The molecule has 0 saturated carbocycles. The van der Waals surface area contributed by atoms with Gasteiger partial charge >= 0.3 is 11.9 Å². The number of hydrogen-bond donors (Lipinski definition) is 9. The second-order valence-corrected chi connectivity index (χ2v) is 8.34. The molecule has 0 fully saturated rings. The monoisotopic (exact) mass is 503 g/mol. The summed E-state index contributed by atoms with van der Waals surface area (Å²) >= 11 is 0. The third kappa shape index (κ3) is 12.5. The van der Waals surface area contributed by atoms with Gasteiger partial charge in [-0.2, -0.15) is 0 Å². The highest BCUT2D eigenvalue weighted by Gasteiger charge is 2.33. The molecule has 0 aliphatic carbocycles. The summed E-state index contributed by atoms with van der Waals surface area (Å²) in [7, 11) is 0. The molecule has 35 heavy (non-hydrogen) atoms. The summed E-state index contributed by atoms with van der Waals surface area (Å²) in [6.07, 6.45) is -2.06. The van der Waals surface area contributed by atoms with Gasteiger partial charge in [-0.15, -0.1) is 0 Å². The summed E-state index contributed by atoms with van der Waals surface area (Å²) in [6, 6.07) is -5.23. The van der Waals surface area contributed by atoms with Gasteiger partial charge in [0, 0.05) is 13.0 Å². The number of nitrogens with one attached hydrogen (secondary N) is 3. The molecule has 3 amide bonds. The van der Waals surface area contributed by atoms with Crippen molar-refractivity contribution in [2.24, 2.45) is 28.1 Å². The highest BCUT2D eigenvalue weighted by molar-refractivity contribution is 5.94. The number of nitrogens with zero attached hydrogens (tertiary/aromatic N) is 1. The molecule has 200 valence electrons. The molecular formula is C20H37N7O8. The molecular weight excluding hydrogens is 466 g/mol. The number of carboxylic acids is 2. The Bertz CT molecular complexity index is 783. The smallest absolute Gasteiger partial charge is 0.326 e. The molecule has 0 rings (SSSR count). The van der Waals surface area contributed by atoms with Gasteiger partial charge in [-0.05, 0) is 32.1 Å². The van der Waals surface area contributed by atoms with Crippen LogP contribution in [-0.4, -0.2) is 87.8 Å². The van der Waals surface area contributed by atoms with E-state index in [0.717, 1.165) is 0 Å². The lowest BCUT2D eigenvalue weighted by Gasteiger charge is -2.27. The molecule has 0 heterocycles. The Morgan fingerprint density at radius 1 is 0.857 bits per heavy atom. The fraction of sp³-hybridized carbons (Fsp3) is 0.700. The molecule has 0 spiro atoms. The molecule has 0 aromatic carbocycles. The normalized spacial score (nSPS) is 15.1. The topological polar surface area (TPSA) is 273 Å². The van der Waals surface area contributed by atoms with E-state index in [0.29, 0.717) is 0 Å². The number of aliphatic hydroxyl groups excluding tert-OH is 1. The highest BCUT2D eigenvalue weighted by Crippen LogP contribution is 2.06. The van der Waals surface area contributed by atoms with Gasteiger partial charge in [0.1, 0.15) is 18.1 Å². The predicted molar refractivity (Wildman–Crippen MR) is 125 cm³/mol. The number of aliphatic imine (C=N–C) groups is 1. The van der Waals surface area contributed by atoms with E-state index in [-0.39, 0.29) is 31.3 Å². The van der Waals surface area contributed by atoms with E-state index < -0.39 is 72.8 Å². The molecule has 12 N–H and O–H groups in total. The fourth-order valence-electron chi connectivity index (χ4n) is 2.79. The van der Waals surface area contributed by atoms with Crippen molar-refractivity contribution >= 4 is 35.6 Å². The van der Waals surface area contributed by atoms with E-state index in [1.807, 2.05) is 0 Å². The van der Waals surface area contributed by atoms with Crippen LogP contribution in [0.15, 0.2) is 4.99 Å². The van der Waals surface area contributed by atoms with Crippen LogP contribution in [0, 0.1) is 5.92 Å². The van der Waals surface area contributed by atoms with Crippen LogP contribution in [0.5, 0.6) is 0 Å². The number of guanidine groups is 1. The Morgan fingerprint density at radius 2 is 1.43 bits per heavy atom. The van der Waals surface area contributed by atoms with E-state index in [2.05, 4.69) is 20.9 Å². The minimum atomic E-state index is -1.59. The van der Waals surface area contributed by atoms with Gasteiger partial charge in [0.25, 0.3) is 0 Å². The maximum atomic E-state index is 12.9. The van der Waals surface area contributed by atoms with Crippen molar-refractivity contribution in [2.75, 3.05) is 6.54 Å².